The fraction of sp³-hybridized carbons (Fsp3) is 0.636. The lowest BCUT2D eigenvalue weighted by Crippen LogP contribution is -2.35. The number of hydrogen-bond acceptors (Lipinski definition) is 4. The summed E-state index contributed by atoms with van der Waals surface area (Å²) < 4.78 is 0. The SMILES string of the molecule is CC(CNc1ccc(Cl)nn1)N1CCCC1. The fourth-order valence-corrected chi connectivity index (χ4v) is 2.07. The zero-order valence-electron chi connectivity index (χ0n) is 9.49. The van der Waals surface area contributed by atoms with Gasteiger partial charge in [-0.1, -0.05) is 11.6 Å². The molecule has 16 heavy (non-hydrogen) atoms. The van der Waals surface area contributed by atoms with Crippen LogP contribution < -0.4 is 5.32 Å². The van der Waals surface area contributed by atoms with Crippen LogP contribution in [-0.2, 0) is 0 Å². The third-order valence-electron chi connectivity index (χ3n) is 2.97. The van der Waals surface area contributed by atoms with E-state index in [-0.39, 0.29) is 0 Å². The number of aromatic nitrogens is 2. The molecule has 0 spiro atoms. The molecule has 0 aromatic carbocycles. The molecule has 2 rings (SSSR count). The predicted molar refractivity (Wildman–Crippen MR) is 65.8 cm³/mol. The minimum Gasteiger partial charge on any atom is -0.367 e. The molecule has 0 radical (unpaired) electrons. The molecule has 1 aromatic rings. The average molecular weight is 241 g/mol. The molecule has 1 atom stereocenters. The number of rotatable bonds is 4. The molecule has 1 saturated heterocycles. The van der Waals surface area contributed by atoms with E-state index in [9.17, 15) is 0 Å². The van der Waals surface area contributed by atoms with Gasteiger partial charge in [0.1, 0.15) is 5.82 Å². The van der Waals surface area contributed by atoms with Gasteiger partial charge in [0, 0.05) is 12.6 Å². The van der Waals surface area contributed by atoms with Crippen molar-refractivity contribution in [1.82, 2.24) is 15.1 Å². The molecule has 1 unspecified atom stereocenters. The van der Waals surface area contributed by atoms with Crippen LogP contribution in [0.4, 0.5) is 5.82 Å². The Bertz CT molecular complexity index is 321. The largest absolute Gasteiger partial charge is 0.367 e. The second-order valence-electron chi connectivity index (χ2n) is 4.21. The van der Waals surface area contributed by atoms with E-state index in [1.165, 1.54) is 25.9 Å². The fourth-order valence-electron chi connectivity index (χ4n) is 1.97. The first-order chi connectivity index (χ1) is 7.75. The summed E-state index contributed by atoms with van der Waals surface area (Å²) >= 11 is 5.67. The maximum Gasteiger partial charge on any atom is 0.151 e. The normalized spacial score (nSPS) is 18.6. The van der Waals surface area contributed by atoms with Crippen LogP contribution in [0.15, 0.2) is 12.1 Å². The quantitative estimate of drug-likeness (QED) is 0.875. The molecular formula is C11H17ClN4. The van der Waals surface area contributed by atoms with Crippen molar-refractivity contribution in [3.63, 3.8) is 0 Å². The Morgan fingerprint density at radius 3 is 2.75 bits per heavy atom. The summed E-state index contributed by atoms with van der Waals surface area (Å²) in [5.74, 6) is 0.787. The second kappa shape index (κ2) is 5.46. The number of anilines is 1. The molecule has 1 aliphatic heterocycles. The van der Waals surface area contributed by atoms with E-state index < -0.39 is 0 Å². The van der Waals surface area contributed by atoms with Gasteiger partial charge in [-0.2, -0.15) is 0 Å². The van der Waals surface area contributed by atoms with Crippen molar-refractivity contribution < 1.29 is 0 Å². The van der Waals surface area contributed by atoms with Crippen molar-refractivity contribution in [3.8, 4) is 0 Å². The Kier molecular flexibility index (Phi) is 3.96. The van der Waals surface area contributed by atoms with Crippen molar-refractivity contribution in [2.75, 3.05) is 25.0 Å². The molecule has 0 aliphatic carbocycles. The monoisotopic (exact) mass is 240 g/mol. The Hall–Kier alpha value is -0.870. The van der Waals surface area contributed by atoms with Gasteiger partial charge in [-0.3, -0.25) is 4.90 Å². The van der Waals surface area contributed by atoms with E-state index in [1.807, 2.05) is 6.07 Å². The molecule has 1 aliphatic rings. The molecule has 1 aromatic heterocycles. The number of likely N-dealkylation sites (tertiary alicyclic amines) is 1. The number of nitrogens with zero attached hydrogens (tertiary/aromatic N) is 3. The number of hydrogen-bond donors (Lipinski definition) is 1. The molecule has 4 nitrogen and oxygen atoms in total. The van der Waals surface area contributed by atoms with Crippen molar-refractivity contribution in [2.45, 2.75) is 25.8 Å². The van der Waals surface area contributed by atoms with E-state index in [0.717, 1.165) is 12.4 Å². The Morgan fingerprint density at radius 1 is 1.38 bits per heavy atom. The zero-order valence-corrected chi connectivity index (χ0v) is 10.2. The Morgan fingerprint density at radius 2 is 2.12 bits per heavy atom. The van der Waals surface area contributed by atoms with Gasteiger partial charge in [0.2, 0.25) is 0 Å². The average Bonchev–Trinajstić information content (AvgIpc) is 2.81. The van der Waals surface area contributed by atoms with Gasteiger partial charge in [0.25, 0.3) is 0 Å². The zero-order chi connectivity index (χ0) is 11.4. The van der Waals surface area contributed by atoms with E-state index in [4.69, 9.17) is 11.6 Å². The van der Waals surface area contributed by atoms with Crippen molar-refractivity contribution >= 4 is 17.4 Å². The molecule has 1 N–H and O–H groups in total. The summed E-state index contributed by atoms with van der Waals surface area (Å²) in [6.45, 7) is 5.57. The van der Waals surface area contributed by atoms with Crippen LogP contribution in [-0.4, -0.2) is 40.8 Å². The van der Waals surface area contributed by atoms with Gasteiger partial charge in [-0.25, -0.2) is 0 Å². The summed E-state index contributed by atoms with van der Waals surface area (Å²) in [4.78, 5) is 2.50. The molecule has 0 amide bonds. The lowest BCUT2D eigenvalue weighted by Gasteiger charge is -2.23. The standard InChI is InChI=1S/C11H17ClN4/c1-9(16-6-2-3-7-16)8-13-11-5-4-10(12)14-15-11/h4-5,9H,2-3,6-8H2,1H3,(H,13,15). The maximum atomic E-state index is 5.67. The summed E-state index contributed by atoms with van der Waals surface area (Å²) in [6, 6.07) is 4.14. The van der Waals surface area contributed by atoms with Gasteiger partial charge >= 0.3 is 0 Å². The van der Waals surface area contributed by atoms with Crippen LogP contribution in [0.1, 0.15) is 19.8 Å². The summed E-state index contributed by atoms with van der Waals surface area (Å²) in [5, 5.41) is 11.5. The molecule has 0 bridgehead atoms. The Balaban J connectivity index is 1.80. The van der Waals surface area contributed by atoms with Gasteiger partial charge in [0.05, 0.1) is 0 Å². The van der Waals surface area contributed by atoms with E-state index in [1.54, 1.807) is 6.07 Å². The van der Waals surface area contributed by atoms with Crippen LogP contribution in [0.3, 0.4) is 0 Å². The van der Waals surface area contributed by atoms with Crippen molar-refractivity contribution in [2.24, 2.45) is 0 Å². The van der Waals surface area contributed by atoms with Crippen LogP contribution in [0.2, 0.25) is 5.15 Å². The summed E-state index contributed by atoms with van der Waals surface area (Å²) in [6.07, 6.45) is 2.65. The summed E-state index contributed by atoms with van der Waals surface area (Å²) in [5.41, 5.74) is 0. The maximum absolute atomic E-state index is 5.67. The van der Waals surface area contributed by atoms with Crippen LogP contribution in [0, 0.1) is 0 Å². The third-order valence-corrected chi connectivity index (χ3v) is 3.18. The van der Waals surface area contributed by atoms with Gasteiger partial charge in [-0.05, 0) is 45.0 Å². The number of nitrogens with one attached hydrogen (secondary N) is 1. The van der Waals surface area contributed by atoms with E-state index in [0.29, 0.717) is 11.2 Å². The van der Waals surface area contributed by atoms with Gasteiger partial charge in [-0.15, -0.1) is 10.2 Å². The molecule has 2 heterocycles. The van der Waals surface area contributed by atoms with E-state index >= 15 is 0 Å². The Labute approximate surface area is 101 Å². The van der Waals surface area contributed by atoms with Crippen LogP contribution in [0.5, 0.6) is 0 Å². The highest BCUT2D eigenvalue weighted by Gasteiger charge is 2.17. The summed E-state index contributed by atoms with van der Waals surface area (Å²) in [7, 11) is 0. The molecule has 1 fully saturated rings. The molecule has 88 valence electrons. The highest BCUT2D eigenvalue weighted by atomic mass is 35.5. The highest BCUT2D eigenvalue weighted by molar-refractivity contribution is 6.29. The first-order valence-electron chi connectivity index (χ1n) is 5.73. The third kappa shape index (κ3) is 3.06. The minimum absolute atomic E-state index is 0.429. The smallest absolute Gasteiger partial charge is 0.151 e. The molecule has 5 heteroatoms. The predicted octanol–water partition coefficient (Wildman–Crippen LogP) is 2.03. The van der Waals surface area contributed by atoms with Crippen molar-refractivity contribution in [1.29, 1.82) is 0 Å². The lowest BCUT2D eigenvalue weighted by atomic mass is 10.3. The second-order valence-corrected chi connectivity index (χ2v) is 4.60. The van der Waals surface area contributed by atoms with Crippen molar-refractivity contribution in [3.05, 3.63) is 17.3 Å². The first-order valence-corrected chi connectivity index (χ1v) is 6.10. The minimum atomic E-state index is 0.429. The molecule has 0 saturated carbocycles. The number of halogens is 1. The lowest BCUT2D eigenvalue weighted by molar-refractivity contribution is 0.269. The first kappa shape index (κ1) is 11.6. The van der Waals surface area contributed by atoms with Crippen LogP contribution >= 0.6 is 11.6 Å². The van der Waals surface area contributed by atoms with Gasteiger partial charge in [0.15, 0.2) is 5.15 Å². The molecular weight excluding hydrogens is 224 g/mol. The van der Waals surface area contributed by atoms with E-state index in [2.05, 4.69) is 27.3 Å². The topological polar surface area (TPSA) is 41.1 Å². The van der Waals surface area contributed by atoms with Gasteiger partial charge < -0.3 is 5.32 Å². The highest BCUT2D eigenvalue weighted by Crippen LogP contribution is 2.12. The van der Waals surface area contributed by atoms with Crippen LogP contribution in [0.25, 0.3) is 0 Å².